The Labute approximate surface area is 133 Å². The van der Waals surface area contributed by atoms with E-state index in [0.717, 1.165) is 5.69 Å². The topological polar surface area (TPSA) is 38.3 Å². The van der Waals surface area contributed by atoms with Crippen molar-refractivity contribution in [3.05, 3.63) is 64.1 Å². The first kappa shape index (κ1) is 15.7. The van der Waals surface area contributed by atoms with Gasteiger partial charge in [-0.3, -0.25) is 0 Å². The van der Waals surface area contributed by atoms with Gasteiger partial charge in [0.05, 0.1) is 16.7 Å². The molecule has 0 spiro atoms. The largest absolute Gasteiger partial charge is 0.464 e. The number of rotatable bonds is 5. The standard InChI is InChI=1S/C16H15Cl2NO2/c1-2-21-16(20)15(19-11-7-4-3-5-8-11)12-9-6-10-13(17)14(12)18/h3-10,15,19H,2H2,1H3. The number of para-hydroxylation sites is 1. The number of benzene rings is 2. The fraction of sp³-hybridized carbons (Fsp3) is 0.188. The number of hydrogen-bond acceptors (Lipinski definition) is 3. The summed E-state index contributed by atoms with van der Waals surface area (Å²) in [4.78, 5) is 12.2. The van der Waals surface area contributed by atoms with Gasteiger partial charge in [-0.05, 0) is 25.1 Å². The Balaban J connectivity index is 2.36. The second-order valence-electron chi connectivity index (χ2n) is 4.34. The maximum absolute atomic E-state index is 12.2. The van der Waals surface area contributed by atoms with Crippen LogP contribution in [0.1, 0.15) is 18.5 Å². The summed E-state index contributed by atoms with van der Waals surface area (Å²) < 4.78 is 5.12. The summed E-state index contributed by atoms with van der Waals surface area (Å²) in [5.74, 6) is -0.398. The van der Waals surface area contributed by atoms with E-state index >= 15 is 0 Å². The zero-order valence-electron chi connectivity index (χ0n) is 11.5. The van der Waals surface area contributed by atoms with Crippen molar-refractivity contribution in [1.29, 1.82) is 0 Å². The van der Waals surface area contributed by atoms with E-state index in [0.29, 0.717) is 22.2 Å². The van der Waals surface area contributed by atoms with E-state index in [1.165, 1.54) is 0 Å². The summed E-state index contributed by atoms with van der Waals surface area (Å²) in [6.07, 6.45) is 0. The smallest absolute Gasteiger partial charge is 0.333 e. The van der Waals surface area contributed by atoms with Gasteiger partial charge in [-0.2, -0.15) is 0 Å². The van der Waals surface area contributed by atoms with Crippen LogP contribution in [0.15, 0.2) is 48.5 Å². The zero-order valence-corrected chi connectivity index (χ0v) is 13.0. The Morgan fingerprint density at radius 1 is 1.14 bits per heavy atom. The molecule has 1 N–H and O–H groups in total. The number of anilines is 1. The van der Waals surface area contributed by atoms with E-state index in [1.807, 2.05) is 30.3 Å². The van der Waals surface area contributed by atoms with Crippen LogP contribution in [0.2, 0.25) is 10.0 Å². The molecule has 0 saturated heterocycles. The number of nitrogens with one attached hydrogen (secondary N) is 1. The molecule has 0 aromatic heterocycles. The van der Waals surface area contributed by atoms with Crippen LogP contribution in [0.5, 0.6) is 0 Å². The third-order valence-corrected chi connectivity index (χ3v) is 3.73. The molecule has 0 radical (unpaired) electrons. The molecule has 1 unspecified atom stereocenters. The molecule has 0 amide bonds. The van der Waals surface area contributed by atoms with Crippen molar-refractivity contribution in [2.24, 2.45) is 0 Å². The van der Waals surface area contributed by atoms with Gasteiger partial charge in [-0.25, -0.2) is 4.79 Å². The minimum absolute atomic E-state index is 0.296. The molecule has 2 rings (SSSR count). The Kier molecular flexibility index (Phi) is 5.48. The molecule has 5 heteroatoms. The Morgan fingerprint density at radius 3 is 2.52 bits per heavy atom. The van der Waals surface area contributed by atoms with E-state index in [9.17, 15) is 4.79 Å². The van der Waals surface area contributed by atoms with Crippen molar-refractivity contribution in [2.45, 2.75) is 13.0 Å². The van der Waals surface area contributed by atoms with E-state index in [2.05, 4.69) is 5.32 Å². The predicted octanol–water partition coefficient (Wildman–Crippen LogP) is 4.71. The monoisotopic (exact) mass is 323 g/mol. The van der Waals surface area contributed by atoms with Crippen LogP contribution in [0.3, 0.4) is 0 Å². The molecular weight excluding hydrogens is 309 g/mol. The van der Waals surface area contributed by atoms with Crippen LogP contribution in [0.25, 0.3) is 0 Å². The second-order valence-corrected chi connectivity index (χ2v) is 5.12. The summed E-state index contributed by atoms with van der Waals surface area (Å²) in [5, 5.41) is 3.88. The van der Waals surface area contributed by atoms with Crippen molar-refractivity contribution in [1.82, 2.24) is 0 Å². The third kappa shape index (κ3) is 3.90. The van der Waals surface area contributed by atoms with Gasteiger partial charge in [0.25, 0.3) is 0 Å². The first-order chi connectivity index (χ1) is 10.1. The maximum Gasteiger partial charge on any atom is 0.333 e. The normalized spacial score (nSPS) is 11.8. The summed E-state index contributed by atoms with van der Waals surface area (Å²) in [6, 6.07) is 13.9. The number of carbonyl (C=O) groups excluding carboxylic acids is 1. The number of halogens is 2. The lowest BCUT2D eigenvalue weighted by molar-refractivity contribution is -0.144. The number of ether oxygens (including phenoxy) is 1. The second kappa shape index (κ2) is 7.34. The first-order valence-electron chi connectivity index (χ1n) is 6.55. The Hall–Kier alpha value is -1.71. The summed E-state index contributed by atoms with van der Waals surface area (Å²) in [5.41, 5.74) is 1.39. The minimum atomic E-state index is -0.710. The van der Waals surface area contributed by atoms with Gasteiger partial charge in [0.15, 0.2) is 6.04 Å². The fourth-order valence-electron chi connectivity index (χ4n) is 1.93. The molecule has 0 fully saturated rings. The van der Waals surface area contributed by atoms with Gasteiger partial charge in [0.2, 0.25) is 0 Å². The predicted molar refractivity (Wildman–Crippen MR) is 85.9 cm³/mol. The molecule has 2 aromatic carbocycles. The molecule has 1 atom stereocenters. The minimum Gasteiger partial charge on any atom is -0.464 e. The van der Waals surface area contributed by atoms with Gasteiger partial charge in [-0.15, -0.1) is 0 Å². The quantitative estimate of drug-likeness (QED) is 0.810. The van der Waals surface area contributed by atoms with Crippen LogP contribution in [0.4, 0.5) is 5.69 Å². The van der Waals surface area contributed by atoms with Gasteiger partial charge in [-0.1, -0.05) is 53.5 Å². The fourth-order valence-corrected chi connectivity index (χ4v) is 2.35. The van der Waals surface area contributed by atoms with Crippen LogP contribution >= 0.6 is 23.2 Å². The van der Waals surface area contributed by atoms with Crippen LogP contribution < -0.4 is 5.32 Å². The van der Waals surface area contributed by atoms with Crippen molar-refractivity contribution in [3.63, 3.8) is 0 Å². The highest BCUT2D eigenvalue weighted by atomic mass is 35.5. The molecule has 0 saturated carbocycles. The van der Waals surface area contributed by atoms with E-state index in [4.69, 9.17) is 27.9 Å². The highest BCUT2D eigenvalue weighted by molar-refractivity contribution is 6.42. The molecule has 2 aromatic rings. The highest BCUT2D eigenvalue weighted by Gasteiger charge is 2.25. The van der Waals surface area contributed by atoms with Crippen LogP contribution in [-0.2, 0) is 9.53 Å². The highest BCUT2D eigenvalue weighted by Crippen LogP contribution is 2.32. The SMILES string of the molecule is CCOC(=O)C(Nc1ccccc1)c1cccc(Cl)c1Cl. The maximum atomic E-state index is 12.2. The molecule has 0 aliphatic carbocycles. The van der Waals surface area contributed by atoms with E-state index in [1.54, 1.807) is 25.1 Å². The molecule has 0 heterocycles. The lowest BCUT2D eigenvalue weighted by Gasteiger charge is -2.20. The zero-order chi connectivity index (χ0) is 15.2. The van der Waals surface area contributed by atoms with Crippen molar-refractivity contribution in [2.75, 3.05) is 11.9 Å². The Morgan fingerprint density at radius 2 is 1.86 bits per heavy atom. The Bertz CT molecular complexity index is 617. The van der Waals surface area contributed by atoms with Crippen LogP contribution in [-0.4, -0.2) is 12.6 Å². The molecule has 3 nitrogen and oxygen atoms in total. The number of carbonyl (C=O) groups is 1. The van der Waals surface area contributed by atoms with E-state index in [-0.39, 0.29) is 0 Å². The molecule has 0 aliphatic heterocycles. The number of hydrogen-bond donors (Lipinski definition) is 1. The van der Waals surface area contributed by atoms with Gasteiger partial charge in [0.1, 0.15) is 0 Å². The molecule has 21 heavy (non-hydrogen) atoms. The summed E-state index contributed by atoms with van der Waals surface area (Å²) in [6.45, 7) is 2.06. The van der Waals surface area contributed by atoms with Crippen molar-refractivity contribution >= 4 is 34.9 Å². The van der Waals surface area contributed by atoms with Crippen LogP contribution in [0, 0.1) is 0 Å². The summed E-state index contributed by atoms with van der Waals surface area (Å²) in [7, 11) is 0. The molecule has 110 valence electrons. The molecular formula is C16H15Cl2NO2. The van der Waals surface area contributed by atoms with Crippen molar-refractivity contribution in [3.8, 4) is 0 Å². The van der Waals surface area contributed by atoms with Gasteiger partial charge >= 0.3 is 5.97 Å². The first-order valence-corrected chi connectivity index (χ1v) is 7.31. The lowest BCUT2D eigenvalue weighted by Crippen LogP contribution is -2.23. The van der Waals surface area contributed by atoms with Crippen molar-refractivity contribution < 1.29 is 9.53 Å². The summed E-state index contributed by atoms with van der Waals surface area (Å²) >= 11 is 12.2. The number of esters is 1. The average Bonchev–Trinajstić information content (AvgIpc) is 2.49. The van der Waals surface area contributed by atoms with E-state index < -0.39 is 12.0 Å². The third-order valence-electron chi connectivity index (χ3n) is 2.90. The molecule has 0 aliphatic rings. The molecule has 0 bridgehead atoms. The lowest BCUT2D eigenvalue weighted by atomic mass is 10.1. The van der Waals surface area contributed by atoms with Gasteiger partial charge in [0, 0.05) is 11.3 Å². The van der Waals surface area contributed by atoms with Gasteiger partial charge < -0.3 is 10.1 Å². The average molecular weight is 324 g/mol.